The summed E-state index contributed by atoms with van der Waals surface area (Å²) in [6.45, 7) is -1.20. The van der Waals surface area contributed by atoms with Crippen LogP contribution in [0.3, 0.4) is 0 Å². The largest absolute Gasteiger partial charge is 0.376 e. The quantitative estimate of drug-likeness (QED) is 0.194. The van der Waals surface area contributed by atoms with Crippen molar-refractivity contribution in [2.24, 2.45) is 5.73 Å². The summed E-state index contributed by atoms with van der Waals surface area (Å²) in [4.78, 5) is 56.9. The maximum Gasteiger partial charge on any atom is 0.356 e. The van der Waals surface area contributed by atoms with Gasteiger partial charge in [0.2, 0.25) is 11.8 Å². The lowest BCUT2D eigenvalue weighted by atomic mass is 10.1. The van der Waals surface area contributed by atoms with Gasteiger partial charge in [-0.05, 0) is 24.3 Å². The second-order valence-corrected chi connectivity index (χ2v) is 10.2. The Bertz CT molecular complexity index is 1310. The number of nitrogens with one attached hydrogen (secondary N) is 3. The van der Waals surface area contributed by atoms with Crippen LogP contribution in [0.15, 0.2) is 36.4 Å². The van der Waals surface area contributed by atoms with Gasteiger partial charge in [0.05, 0.1) is 23.4 Å². The van der Waals surface area contributed by atoms with Crippen LogP contribution in [0.5, 0.6) is 0 Å². The number of benzene rings is 2. The molecule has 0 radical (unpaired) electrons. The fourth-order valence-corrected chi connectivity index (χ4v) is 4.54. The van der Waals surface area contributed by atoms with Crippen molar-refractivity contribution in [1.82, 2.24) is 10.2 Å². The molecule has 1 heterocycles. The predicted molar refractivity (Wildman–Crippen MR) is 131 cm³/mol. The Labute approximate surface area is 214 Å². The number of primary amides is 1. The molecule has 0 spiro atoms. The van der Waals surface area contributed by atoms with E-state index in [1.54, 1.807) is 0 Å². The van der Waals surface area contributed by atoms with Gasteiger partial charge >= 0.3 is 7.60 Å². The average Bonchev–Trinajstić information content (AvgIpc) is 3.23. The maximum atomic E-state index is 14.2. The minimum atomic E-state index is -4.72. The van der Waals surface area contributed by atoms with Crippen molar-refractivity contribution in [2.45, 2.75) is 25.2 Å². The topological polar surface area (TPSA) is 186 Å². The Hall–Kier alpha value is -3.38. The average molecular weight is 558 g/mol. The molecule has 2 aromatic carbocycles. The molecule has 0 aliphatic carbocycles. The molecule has 1 saturated heterocycles. The third-order valence-corrected chi connectivity index (χ3v) is 6.89. The Morgan fingerprint density at radius 2 is 1.95 bits per heavy atom. The van der Waals surface area contributed by atoms with E-state index >= 15 is 0 Å². The number of hydrogen-bond donors (Lipinski definition) is 6. The highest BCUT2D eigenvalue weighted by atomic mass is 35.5. The number of rotatable bonds is 9. The summed E-state index contributed by atoms with van der Waals surface area (Å²) >= 11 is 5.73. The van der Waals surface area contributed by atoms with E-state index in [1.807, 2.05) is 0 Å². The highest BCUT2D eigenvalue weighted by molar-refractivity contribution is 7.60. The zero-order chi connectivity index (χ0) is 27.5. The number of carbonyl (C=O) groups excluding carboxylic acids is 3. The number of nitrogens with zero attached hydrogens (tertiary/aromatic N) is 1. The summed E-state index contributed by atoms with van der Waals surface area (Å²) in [5.74, 6) is -3.29. The minimum absolute atomic E-state index is 0.101. The molecule has 11 nitrogen and oxygen atoms in total. The molecule has 2 atom stereocenters. The van der Waals surface area contributed by atoms with E-state index in [9.17, 15) is 37.5 Å². The van der Waals surface area contributed by atoms with Crippen molar-refractivity contribution in [3.63, 3.8) is 0 Å². The van der Waals surface area contributed by atoms with Crippen LogP contribution in [0.1, 0.15) is 17.5 Å². The molecule has 198 valence electrons. The van der Waals surface area contributed by atoms with E-state index in [1.165, 1.54) is 18.2 Å². The van der Waals surface area contributed by atoms with Gasteiger partial charge in [-0.25, -0.2) is 8.78 Å². The van der Waals surface area contributed by atoms with Crippen molar-refractivity contribution in [3.8, 4) is 0 Å². The normalized spacial score (nSPS) is 17.4. The Kier molecular flexibility index (Phi) is 8.64. The van der Waals surface area contributed by atoms with Gasteiger partial charge in [-0.2, -0.15) is 0 Å². The third kappa shape index (κ3) is 6.69. The molecule has 3 rings (SSSR count). The standard InChI is InChI=1S/C22H23ClF2N5O6P/c23-15-3-1-2-11(19(15)25)8-29-22(33)17-6-12(24)10-30(17)18(31)9-28-16-7-13(37(34,35)36)4-5-14(16)20(26)21(27)32/h1-5,7,12,17,26,28H,6,8-10H2,(H2,27,32)(H,29,33)(H2,34,35,36). The summed E-state index contributed by atoms with van der Waals surface area (Å²) in [5, 5.41) is 12.3. The van der Waals surface area contributed by atoms with E-state index in [0.717, 1.165) is 23.1 Å². The second kappa shape index (κ2) is 11.3. The molecular weight excluding hydrogens is 535 g/mol. The number of halogens is 3. The van der Waals surface area contributed by atoms with Crippen LogP contribution in [0.4, 0.5) is 14.5 Å². The maximum absolute atomic E-state index is 14.2. The minimum Gasteiger partial charge on any atom is -0.376 e. The first-order valence-electron chi connectivity index (χ1n) is 10.8. The van der Waals surface area contributed by atoms with Gasteiger partial charge in [-0.3, -0.25) is 24.4 Å². The fourth-order valence-electron chi connectivity index (χ4n) is 3.78. The fraction of sp³-hybridized carbons (Fsp3) is 0.273. The smallest absolute Gasteiger partial charge is 0.356 e. The molecule has 2 unspecified atom stereocenters. The van der Waals surface area contributed by atoms with Crippen molar-refractivity contribution in [1.29, 1.82) is 5.41 Å². The number of nitrogens with two attached hydrogens (primary N) is 1. The molecule has 0 saturated carbocycles. The highest BCUT2D eigenvalue weighted by Gasteiger charge is 2.39. The zero-order valence-electron chi connectivity index (χ0n) is 19.1. The van der Waals surface area contributed by atoms with Crippen molar-refractivity contribution in [2.75, 3.05) is 18.4 Å². The molecule has 3 amide bonds. The summed E-state index contributed by atoms with van der Waals surface area (Å²) in [5.41, 5.74) is 4.29. The number of anilines is 1. The van der Waals surface area contributed by atoms with E-state index < -0.39 is 67.5 Å². The van der Waals surface area contributed by atoms with Gasteiger partial charge in [-0.1, -0.05) is 23.7 Å². The summed E-state index contributed by atoms with van der Waals surface area (Å²) < 4.78 is 39.9. The van der Waals surface area contributed by atoms with E-state index in [2.05, 4.69) is 10.6 Å². The predicted octanol–water partition coefficient (Wildman–Crippen LogP) is 0.803. The SMILES string of the molecule is N=C(C(N)=O)c1ccc(P(=O)(O)O)cc1NCC(=O)N1CC(F)CC1C(=O)NCc1cccc(Cl)c1F. The summed E-state index contributed by atoms with van der Waals surface area (Å²) in [6.07, 6.45) is -1.79. The molecule has 0 aromatic heterocycles. The molecule has 7 N–H and O–H groups in total. The molecule has 1 fully saturated rings. The lowest BCUT2D eigenvalue weighted by Crippen LogP contribution is -2.47. The molecular formula is C22H23ClF2N5O6P. The molecule has 15 heteroatoms. The van der Waals surface area contributed by atoms with Gasteiger partial charge in [0.25, 0.3) is 5.91 Å². The number of hydrogen-bond acceptors (Lipinski definition) is 6. The Balaban J connectivity index is 1.74. The van der Waals surface area contributed by atoms with Crippen LogP contribution in [0.25, 0.3) is 0 Å². The zero-order valence-corrected chi connectivity index (χ0v) is 20.7. The molecule has 2 aromatic rings. The molecule has 1 aliphatic heterocycles. The van der Waals surface area contributed by atoms with Crippen LogP contribution < -0.4 is 21.7 Å². The lowest BCUT2D eigenvalue weighted by Gasteiger charge is -2.24. The highest BCUT2D eigenvalue weighted by Crippen LogP contribution is 2.34. The number of carbonyl (C=O) groups is 3. The third-order valence-electron chi connectivity index (χ3n) is 5.64. The second-order valence-electron chi connectivity index (χ2n) is 8.19. The number of amides is 3. The van der Waals surface area contributed by atoms with Gasteiger partial charge in [-0.15, -0.1) is 0 Å². The van der Waals surface area contributed by atoms with Gasteiger partial charge in [0.15, 0.2) is 0 Å². The molecule has 0 bridgehead atoms. The Morgan fingerprint density at radius 3 is 2.59 bits per heavy atom. The Morgan fingerprint density at radius 1 is 1.24 bits per heavy atom. The van der Waals surface area contributed by atoms with Gasteiger partial charge in [0, 0.05) is 29.8 Å². The first-order valence-corrected chi connectivity index (χ1v) is 12.8. The van der Waals surface area contributed by atoms with Crippen molar-refractivity contribution < 1.29 is 37.5 Å². The molecule has 37 heavy (non-hydrogen) atoms. The monoisotopic (exact) mass is 557 g/mol. The van der Waals surface area contributed by atoms with Crippen LogP contribution in [0, 0.1) is 11.2 Å². The van der Waals surface area contributed by atoms with E-state index in [0.29, 0.717) is 0 Å². The molecule has 1 aliphatic rings. The van der Waals surface area contributed by atoms with Gasteiger partial charge in [0.1, 0.15) is 23.7 Å². The van der Waals surface area contributed by atoms with E-state index in [-0.39, 0.29) is 34.8 Å². The van der Waals surface area contributed by atoms with Crippen LogP contribution in [0.2, 0.25) is 5.02 Å². The first-order chi connectivity index (χ1) is 17.3. The lowest BCUT2D eigenvalue weighted by molar-refractivity contribution is -0.137. The van der Waals surface area contributed by atoms with E-state index in [4.69, 9.17) is 22.7 Å². The summed E-state index contributed by atoms with van der Waals surface area (Å²) in [6, 6.07) is 6.11. The van der Waals surface area contributed by atoms with Crippen LogP contribution in [-0.2, 0) is 25.5 Å². The van der Waals surface area contributed by atoms with Gasteiger partial charge < -0.3 is 31.1 Å². The van der Waals surface area contributed by atoms with Crippen LogP contribution in [-0.4, -0.2) is 63.4 Å². The number of likely N-dealkylation sites (tertiary alicyclic amines) is 1. The number of alkyl halides is 1. The van der Waals surface area contributed by atoms with Crippen molar-refractivity contribution >= 4 is 53.6 Å². The first kappa shape index (κ1) is 28.2. The summed E-state index contributed by atoms with van der Waals surface area (Å²) in [7, 11) is -4.72. The van der Waals surface area contributed by atoms with Crippen molar-refractivity contribution in [3.05, 3.63) is 58.4 Å². The van der Waals surface area contributed by atoms with Crippen LogP contribution >= 0.6 is 19.2 Å².